The molecule has 1 atom stereocenters. The minimum Gasteiger partial charge on any atom is -0.455 e. The van der Waals surface area contributed by atoms with E-state index in [0.717, 1.165) is 16.8 Å². The lowest BCUT2D eigenvalue weighted by Crippen LogP contribution is -2.28. The van der Waals surface area contributed by atoms with Crippen LogP contribution in [0.25, 0.3) is 0 Å². The van der Waals surface area contributed by atoms with Crippen LogP contribution in [0.15, 0.2) is 42.5 Å². The van der Waals surface area contributed by atoms with Gasteiger partial charge >= 0.3 is 5.97 Å². The number of hydrogen-bond donors (Lipinski definition) is 1. The van der Waals surface area contributed by atoms with E-state index in [0.29, 0.717) is 5.69 Å². The Morgan fingerprint density at radius 3 is 2.54 bits per heavy atom. The lowest BCUT2D eigenvalue weighted by molar-refractivity contribution is -0.151. The predicted octanol–water partition coefficient (Wildman–Crippen LogP) is 2.98. The highest BCUT2D eigenvalue weighted by molar-refractivity contribution is 6.00. The van der Waals surface area contributed by atoms with Gasteiger partial charge in [0.05, 0.1) is 5.92 Å². The number of rotatable bonds is 5. The van der Waals surface area contributed by atoms with Crippen molar-refractivity contribution in [2.75, 3.05) is 23.4 Å². The second-order valence-corrected chi connectivity index (χ2v) is 6.84. The highest BCUT2D eigenvalue weighted by Crippen LogP contribution is 2.27. The zero-order chi connectivity index (χ0) is 20.3. The van der Waals surface area contributed by atoms with Gasteiger partial charge in [0, 0.05) is 24.3 Å². The van der Waals surface area contributed by atoms with Crippen LogP contribution in [0.5, 0.6) is 0 Å². The van der Waals surface area contributed by atoms with E-state index in [1.165, 1.54) is 24.3 Å². The summed E-state index contributed by atoms with van der Waals surface area (Å²) in [5.41, 5.74) is 3.34. The van der Waals surface area contributed by atoms with E-state index in [9.17, 15) is 18.8 Å². The number of benzene rings is 2. The molecule has 1 fully saturated rings. The van der Waals surface area contributed by atoms with Crippen LogP contribution >= 0.6 is 0 Å². The molecule has 0 aromatic heterocycles. The van der Waals surface area contributed by atoms with Gasteiger partial charge in [-0.15, -0.1) is 0 Å². The first-order chi connectivity index (χ1) is 13.3. The molecule has 0 spiro atoms. The van der Waals surface area contributed by atoms with Gasteiger partial charge in [-0.1, -0.05) is 6.07 Å². The number of hydrogen-bond acceptors (Lipinski definition) is 4. The quantitative estimate of drug-likeness (QED) is 0.804. The van der Waals surface area contributed by atoms with E-state index in [-0.39, 0.29) is 18.9 Å². The lowest BCUT2D eigenvalue weighted by atomic mass is 10.1. The van der Waals surface area contributed by atoms with Crippen LogP contribution < -0.4 is 10.2 Å². The number of anilines is 2. The maximum Gasteiger partial charge on any atom is 0.311 e. The van der Waals surface area contributed by atoms with Gasteiger partial charge in [0.25, 0.3) is 5.91 Å². The Hall–Kier alpha value is -3.22. The SMILES string of the molecule is Cc1ccc(N2C[C@@H](C(=O)OCC(=O)Nc3ccc(F)cc3)CC2=O)cc1C. The Morgan fingerprint density at radius 2 is 1.86 bits per heavy atom. The van der Waals surface area contributed by atoms with Gasteiger partial charge in [0.15, 0.2) is 6.61 Å². The van der Waals surface area contributed by atoms with Crippen molar-refractivity contribution in [3.63, 3.8) is 0 Å². The molecule has 2 aromatic carbocycles. The van der Waals surface area contributed by atoms with Crippen LogP contribution in [-0.4, -0.2) is 30.9 Å². The minimum atomic E-state index is -0.618. The monoisotopic (exact) mass is 384 g/mol. The summed E-state index contributed by atoms with van der Waals surface area (Å²) >= 11 is 0. The molecule has 1 aliphatic rings. The van der Waals surface area contributed by atoms with E-state index in [1.807, 2.05) is 32.0 Å². The molecule has 6 nitrogen and oxygen atoms in total. The van der Waals surface area contributed by atoms with Crippen molar-refractivity contribution in [2.24, 2.45) is 5.92 Å². The van der Waals surface area contributed by atoms with E-state index in [1.54, 1.807) is 4.90 Å². The number of aryl methyl sites for hydroxylation is 2. The number of halogens is 1. The Balaban J connectivity index is 1.53. The number of ether oxygens (including phenoxy) is 1. The van der Waals surface area contributed by atoms with Crippen molar-refractivity contribution < 1.29 is 23.5 Å². The Morgan fingerprint density at radius 1 is 1.14 bits per heavy atom. The second-order valence-electron chi connectivity index (χ2n) is 6.84. The summed E-state index contributed by atoms with van der Waals surface area (Å²) in [7, 11) is 0. The normalized spacial score (nSPS) is 16.2. The van der Waals surface area contributed by atoms with Crippen LogP contribution in [0.3, 0.4) is 0 Å². The molecule has 1 heterocycles. The second kappa shape index (κ2) is 8.21. The lowest BCUT2D eigenvalue weighted by Gasteiger charge is -2.17. The Bertz CT molecular complexity index is 911. The Labute approximate surface area is 162 Å². The molecular weight excluding hydrogens is 363 g/mol. The van der Waals surface area contributed by atoms with Gasteiger partial charge in [-0.05, 0) is 61.4 Å². The molecule has 0 saturated carbocycles. The van der Waals surface area contributed by atoms with Gasteiger partial charge < -0.3 is 15.0 Å². The van der Waals surface area contributed by atoms with E-state index in [2.05, 4.69) is 5.32 Å². The minimum absolute atomic E-state index is 0.0470. The molecule has 1 N–H and O–H groups in total. The van der Waals surface area contributed by atoms with E-state index >= 15 is 0 Å². The van der Waals surface area contributed by atoms with Gasteiger partial charge in [0.2, 0.25) is 5.91 Å². The molecule has 1 aliphatic heterocycles. The first-order valence-corrected chi connectivity index (χ1v) is 8.93. The van der Waals surface area contributed by atoms with Gasteiger partial charge in [-0.3, -0.25) is 14.4 Å². The van der Waals surface area contributed by atoms with E-state index < -0.39 is 30.2 Å². The van der Waals surface area contributed by atoms with Crippen LogP contribution in [-0.2, 0) is 19.1 Å². The van der Waals surface area contributed by atoms with Gasteiger partial charge in [-0.2, -0.15) is 0 Å². The third-order valence-electron chi connectivity index (χ3n) is 4.73. The summed E-state index contributed by atoms with van der Waals surface area (Å²) in [5.74, 6) is -2.30. The first kappa shape index (κ1) is 19.5. The number of carbonyl (C=O) groups excluding carboxylic acids is 3. The van der Waals surface area contributed by atoms with Crippen molar-refractivity contribution in [1.82, 2.24) is 0 Å². The van der Waals surface area contributed by atoms with E-state index in [4.69, 9.17) is 4.74 Å². The number of esters is 1. The molecule has 2 amide bonds. The maximum atomic E-state index is 12.9. The fraction of sp³-hybridized carbons (Fsp3) is 0.286. The molecule has 0 radical (unpaired) electrons. The smallest absolute Gasteiger partial charge is 0.311 e. The maximum absolute atomic E-state index is 12.9. The molecule has 7 heteroatoms. The van der Waals surface area contributed by atoms with Crippen LogP contribution in [0.4, 0.5) is 15.8 Å². The topological polar surface area (TPSA) is 75.7 Å². The summed E-state index contributed by atoms with van der Waals surface area (Å²) in [5, 5.41) is 2.51. The van der Waals surface area contributed by atoms with Crippen molar-refractivity contribution in [1.29, 1.82) is 0 Å². The zero-order valence-electron chi connectivity index (χ0n) is 15.7. The number of carbonyl (C=O) groups is 3. The number of nitrogens with zero attached hydrogens (tertiary/aromatic N) is 1. The molecule has 3 rings (SSSR count). The standard InChI is InChI=1S/C21H21FN2O4/c1-13-3-8-18(9-14(13)2)24-11-15(10-20(24)26)21(27)28-12-19(25)23-17-6-4-16(22)5-7-17/h3-9,15H,10-12H2,1-2H3,(H,23,25)/t15-/m0/s1. The first-order valence-electron chi connectivity index (χ1n) is 8.93. The number of amides is 2. The Kier molecular flexibility index (Phi) is 5.73. The fourth-order valence-corrected chi connectivity index (χ4v) is 2.99. The van der Waals surface area contributed by atoms with Crippen LogP contribution in [0.1, 0.15) is 17.5 Å². The van der Waals surface area contributed by atoms with Gasteiger partial charge in [-0.25, -0.2) is 4.39 Å². The molecule has 1 saturated heterocycles. The zero-order valence-corrected chi connectivity index (χ0v) is 15.7. The average Bonchev–Trinajstić information content (AvgIpc) is 3.06. The molecule has 28 heavy (non-hydrogen) atoms. The van der Waals surface area contributed by atoms with Crippen molar-refractivity contribution in [3.8, 4) is 0 Å². The third-order valence-corrected chi connectivity index (χ3v) is 4.73. The fourth-order valence-electron chi connectivity index (χ4n) is 2.99. The van der Waals surface area contributed by atoms with Crippen molar-refractivity contribution in [2.45, 2.75) is 20.3 Å². The van der Waals surface area contributed by atoms with Crippen molar-refractivity contribution in [3.05, 3.63) is 59.4 Å². The summed E-state index contributed by atoms with van der Waals surface area (Å²) in [6.45, 7) is 3.71. The predicted molar refractivity (Wildman–Crippen MR) is 102 cm³/mol. The highest BCUT2D eigenvalue weighted by atomic mass is 19.1. The van der Waals surface area contributed by atoms with Crippen LogP contribution in [0, 0.1) is 25.6 Å². The summed E-state index contributed by atoms with van der Waals surface area (Å²) < 4.78 is 17.9. The average molecular weight is 384 g/mol. The number of nitrogens with one attached hydrogen (secondary N) is 1. The molecule has 0 unspecified atom stereocenters. The van der Waals surface area contributed by atoms with Gasteiger partial charge in [0.1, 0.15) is 5.82 Å². The van der Waals surface area contributed by atoms with Crippen LogP contribution in [0.2, 0.25) is 0 Å². The third kappa shape index (κ3) is 4.54. The molecular formula is C21H21FN2O4. The summed E-state index contributed by atoms with van der Waals surface area (Å²) in [6.07, 6.45) is 0.0470. The molecule has 0 aliphatic carbocycles. The molecule has 146 valence electrons. The summed E-state index contributed by atoms with van der Waals surface area (Å²) in [6, 6.07) is 10.9. The highest BCUT2D eigenvalue weighted by Gasteiger charge is 2.36. The summed E-state index contributed by atoms with van der Waals surface area (Å²) in [4.78, 5) is 38.0. The molecule has 0 bridgehead atoms. The van der Waals surface area contributed by atoms with Crippen molar-refractivity contribution >= 4 is 29.2 Å². The largest absolute Gasteiger partial charge is 0.455 e. The molecule has 2 aromatic rings.